The van der Waals surface area contributed by atoms with Crippen molar-refractivity contribution in [3.63, 3.8) is 0 Å². The average Bonchev–Trinajstić information content (AvgIpc) is 2.56. The molecule has 2 atom stereocenters. The minimum atomic E-state index is -0.709. The number of ether oxygens (including phenoxy) is 1. The zero-order valence-corrected chi connectivity index (χ0v) is 13.4. The lowest BCUT2D eigenvalue weighted by atomic mass is 9.83. The van der Waals surface area contributed by atoms with E-state index in [-0.39, 0.29) is 18.4 Å². The third-order valence-corrected chi connectivity index (χ3v) is 4.11. The molecule has 1 aliphatic carbocycles. The Morgan fingerprint density at radius 2 is 1.96 bits per heavy atom. The number of hydrogen-bond donors (Lipinski definition) is 2. The Bertz CT molecular complexity index is 713. The van der Waals surface area contributed by atoms with Crippen LogP contribution in [0, 0.1) is 11.3 Å². The number of rotatable bonds is 3. The number of halogens is 1. The van der Waals surface area contributed by atoms with E-state index in [1.165, 1.54) is 0 Å². The third kappa shape index (κ3) is 3.48. The van der Waals surface area contributed by atoms with Gasteiger partial charge in [0.2, 0.25) is 0 Å². The maximum atomic E-state index is 10.2. The smallest absolute Gasteiger partial charge is 0.137 e. The first-order chi connectivity index (χ1) is 10.7. The lowest BCUT2D eigenvalue weighted by Crippen LogP contribution is -2.33. The summed E-state index contributed by atoms with van der Waals surface area (Å²) in [5, 5.41) is 19.7. The molecule has 0 bridgehead atoms. The van der Waals surface area contributed by atoms with Gasteiger partial charge < -0.3 is 15.6 Å². The number of nitrogens with zero attached hydrogens (tertiary/aromatic N) is 1. The monoisotopic (exact) mass is 330 g/mol. The van der Waals surface area contributed by atoms with E-state index in [2.05, 4.69) is 6.07 Å². The molecular weight excluding hydrogens is 312 g/mol. The van der Waals surface area contributed by atoms with Crippen LogP contribution >= 0.6 is 12.4 Å². The summed E-state index contributed by atoms with van der Waals surface area (Å²) in [7, 11) is 0. The Morgan fingerprint density at radius 1 is 1.22 bits per heavy atom. The van der Waals surface area contributed by atoms with Gasteiger partial charge in [-0.05, 0) is 35.6 Å². The van der Waals surface area contributed by atoms with Crippen molar-refractivity contribution in [3.05, 3.63) is 64.7 Å². The summed E-state index contributed by atoms with van der Waals surface area (Å²) in [4.78, 5) is 0. The van der Waals surface area contributed by atoms with Gasteiger partial charge in [-0.1, -0.05) is 36.4 Å². The molecule has 4 nitrogen and oxygen atoms in total. The van der Waals surface area contributed by atoms with Gasteiger partial charge in [-0.2, -0.15) is 5.26 Å². The predicted octanol–water partition coefficient (Wildman–Crippen LogP) is 2.87. The molecule has 3 rings (SSSR count). The van der Waals surface area contributed by atoms with E-state index in [0.717, 1.165) is 16.7 Å². The molecule has 1 aliphatic rings. The molecule has 23 heavy (non-hydrogen) atoms. The van der Waals surface area contributed by atoms with E-state index in [1.54, 1.807) is 6.07 Å². The third-order valence-electron chi connectivity index (χ3n) is 4.11. The molecule has 0 saturated carbocycles. The Kier molecular flexibility index (Phi) is 5.62. The van der Waals surface area contributed by atoms with Crippen LogP contribution in [0.5, 0.6) is 5.75 Å². The molecule has 0 aliphatic heterocycles. The molecule has 0 heterocycles. The van der Waals surface area contributed by atoms with Gasteiger partial charge in [-0.15, -0.1) is 12.4 Å². The van der Waals surface area contributed by atoms with Gasteiger partial charge >= 0.3 is 0 Å². The Labute approximate surface area is 141 Å². The summed E-state index contributed by atoms with van der Waals surface area (Å²) >= 11 is 0. The van der Waals surface area contributed by atoms with Crippen LogP contribution < -0.4 is 10.5 Å². The number of aliphatic hydroxyl groups is 1. The van der Waals surface area contributed by atoms with Crippen LogP contribution in [0.2, 0.25) is 0 Å². The van der Waals surface area contributed by atoms with Crippen LogP contribution in [0.25, 0.3) is 0 Å². The molecule has 120 valence electrons. The lowest BCUT2D eigenvalue weighted by molar-refractivity contribution is 0.133. The highest BCUT2D eigenvalue weighted by Crippen LogP contribution is 2.35. The van der Waals surface area contributed by atoms with Crippen molar-refractivity contribution in [2.75, 3.05) is 0 Å². The fourth-order valence-corrected chi connectivity index (χ4v) is 2.87. The Morgan fingerprint density at radius 3 is 2.65 bits per heavy atom. The second-order valence-electron chi connectivity index (χ2n) is 5.54. The molecule has 5 heteroatoms. The highest BCUT2D eigenvalue weighted by molar-refractivity contribution is 5.85. The molecule has 2 aromatic carbocycles. The van der Waals surface area contributed by atoms with Crippen LogP contribution in [0.4, 0.5) is 0 Å². The quantitative estimate of drug-likeness (QED) is 0.907. The highest BCUT2D eigenvalue weighted by Gasteiger charge is 2.28. The van der Waals surface area contributed by atoms with Crippen LogP contribution in [0.1, 0.15) is 34.8 Å². The summed E-state index contributed by atoms with van der Waals surface area (Å²) < 4.78 is 5.81. The SMILES string of the molecule is Cl.N#Cc1c(OCc2ccccc2)ccc2c1CC[C@@H](N)[C@@H]2O. The second-order valence-corrected chi connectivity index (χ2v) is 5.54. The summed E-state index contributed by atoms with van der Waals surface area (Å²) in [5.41, 5.74) is 9.07. The van der Waals surface area contributed by atoms with Crippen LogP contribution in [-0.2, 0) is 13.0 Å². The molecule has 0 saturated heterocycles. The van der Waals surface area contributed by atoms with E-state index in [4.69, 9.17) is 10.5 Å². The van der Waals surface area contributed by atoms with Gasteiger partial charge in [0, 0.05) is 6.04 Å². The first-order valence-corrected chi connectivity index (χ1v) is 7.37. The largest absolute Gasteiger partial charge is 0.488 e. The molecule has 2 aromatic rings. The number of nitrogens with two attached hydrogens (primary N) is 1. The maximum Gasteiger partial charge on any atom is 0.137 e. The number of hydrogen-bond acceptors (Lipinski definition) is 4. The number of benzene rings is 2. The summed E-state index contributed by atoms with van der Waals surface area (Å²) in [5.74, 6) is 0.563. The fourth-order valence-electron chi connectivity index (χ4n) is 2.87. The Balaban J connectivity index is 0.00000192. The van der Waals surface area contributed by atoms with Crippen LogP contribution in [-0.4, -0.2) is 11.1 Å². The zero-order chi connectivity index (χ0) is 15.5. The molecule has 3 N–H and O–H groups in total. The van der Waals surface area contributed by atoms with Gasteiger partial charge in [0.1, 0.15) is 18.4 Å². The molecule has 0 aromatic heterocycles. The van der Waals surface area contributed by atoms with Crippen molar-refractivity contribution in [1.29, 1.82) is 5.26 Å². The number of fused-ring (bicyclic) bond motifs is 1. The average molecular weight is 331 g/mol. The summed E-state index contributed by atoms with van der Waals surface area (Å²) in [6.07, 6.45) is 0.656. The molecule has 0 fully saturated rings. The lowest BCUT2D eigenvalue weighted by Gasteiger charge is -2.28. The second kappa shape index (κ2) is 7.47. The first kappa shape index (κ1) is 17.3. The van der Waals surface area contributed by atoms with Gasteiger partial charge in [0.15, 0.2) is 0 Å². The normalized spacial score (nSPS) is 19.2. The fraction of sp³-hybridized carbons (Fsp3) is 0.278. The van der Waals surface area contributed by atoms with E-state index in [1.807, 2.05) is 36.4 Å². The highest BCUT2D eigenvalue weighted by atomic mass is 35.5. The van der Waals surface area contributed by atoms with Gasteiger partial charge in [-0.25, -0.2) is 0 Å². The van der Waals surface area contributed by atoms with Crippen molar-refractivity contribution in [1.82, 2.24) is 0 Å². The molecule has 0 unspecified atom stereocenters. The van der Waals surface area contributed by atoms with Crippen molar-refractivity contribution >= 4 is 12.4 Å². The first-order valence-electron chi connectivity index (χ1n) is 7.37. The number of aliphatic hydroxyl groups excluding tert-OH is 1. The van der Waals surface area contributed by atoms with Gasteiger partial charge in [-0.3, -0.25) is 0 Å². The van der Waals surface area contributed by atoms with E-state index < -0.39 is 6.10 Å². The zero-order valence-electron chi connectivity index (χ0n) is 12.6. The topological polar surface area (TPSA) is 79.3 Å². The minimum absolute atomic E-state index is 0. The van der Waals surface area contributed by atoms with Crippen molar-refractivity contribution < 1.29 is 9.84 Å². The number of nitriles is 1. The Hall–Kier alpha value is -2.06. The van der Waals surface area contributed by atoms with Gasteiger partial charge in [0.25, 0.3) is 0 Å². The van der Waals surface area contributed by atoms with Crippen molar-refractivity contribution in [2.45, 2.75) is 31.6 Å². The maximum absolute atomic E-state index is 10.2. The van der Waals surface area contributed by atoms with Crippen LogP contribution in [0.15, 0.2) is 42.5 Å². The van der Waals surface area contributed by atoms with Gasteiger partial charge in [0.05, 0.1) is 11.7 Å². The minimum Gasteiger partial charge on any atom is -0.488 e. The summed E-state index contributed by atoms with van der Waals surface area (Å²) in [6, 6.07) is 15.3. The molecular formula is C18H19ClN2O2. The standard InChI is InChI=1S/C18H18N2O2.ClH/c19-10-15-13-6-8-16(20)18(21)14(13)7-9-17(15)22-11-12-4-2-1-3-5-12;/h1-5,7,9,16,18,21H,6,8,11,20H2;1H/t16-,18-;/m1./s1. The predicted molar refractivity (Wildman–Crippen MR) is 90.4 cm³/mol. The van der Waals surface area contributed by atoms with E-state index >= 15 is 0 Å². The van der Waals surface area contributed by atoms with Crippen molar-refractivity contribution in [3.8, 4) is 11.8 Å². The van der Waals surface area contributed by atoms with Crippen LogP contribution in [0.3, 0.4) is 0 Å². The summed E-state index contributed by atoms with van der Waals surface area (Å²) in [6.45, 7) is 0.413. The van der Waals surface area contributed by atoms with E-state index in [0.29, 0.717) is 30.8 Å². The molecule has 0 amide bonds. The molecule has 0 spiro atoms. The van der Waals surface area contributed by atoms with Crippen molar-refractivity contribution in [2.24, 2.45) is 5.73 Å². The van der Waals surface area contributed by atoms with E-state index in [9.17, 15) is 10.4 Å². The molecule has 0 radical (unpaired) electrons.